The van der Waals surface area contributed by atoms with Crippen molar-refractivity contribution in [1.29, 1.82) is 0 Å². The second-order valence-corrected chi connectivity index (χ2v) is 7.96. The van der Waals surface area contributed by atoms with Crippen molar-refractivity contribution in [2.24, 2.45) is 0 Å². The number of nitrogens with zero attached hydrogens (tertiary/aromatic N) is 1. The molecule has 5 nitrogen and oxygen atoms in total. The first-order chi connectivity index (χ1) is 10.9. The molecule has 0 aliphatic carbocycles. The van der Waals surface area contributed by atoms with Crippen LogP contribution in [-0.4, -0.2) is 94.5 Å². The van der Waals surface area contributed by atoms with Crippen LogP contribution in [0.4, 0.5) is 0 Å². The zero-order valence-corrected chi connectivity index (χ0v) is 15.7. The molecule has 0 unspecified atom stereocenters. The first-order valence-electron chi connectivity index (χ1n) is 9.06. The van der Waals surface area contributed by atoms with Crippen molar-refractivity contribution in [2.45, 2.75) is 84.0 Å². The number of unbranched alkanes of at least 4 members (excludes halogenated alkanes) is 10. The summed E-state index contributed by atoms with van der Waals surface area (Å²) in [5, 5.41) is 0. The molecule has 0 aliphatic rings. The SMILES string of the molecule is CCCCCCCCCCCCCC(=O)N(C)CCS(=O)(=O)O.[KH]. The van der Waals surface area contributed by atoms with Crippen LogP contribution in [0.25, 0.3) is 0 Å². The van der Waals surface area contributed by atoms with E-state index in [2.05, 4.69) is 6.92 Å². The maximum absolute atomic E-state index is 11.8. The number of carbonyl (C=O) groups excluding carboxylic acids is 1. The molecule has 0 saturated heterocycles. The van der Waals surface area contributed by atoms with Crippen LogP contribution in [-0.2, 0) is 14.9 Å². The molecule has 0 heterocycles. The van der Waals surface area contributed by atoms with Gasteiger partial charge in [0.1, 0.15) is 0 Å². The molecular weight excluding hydrogens is 353 g/mol. The number of amides is 1. The Balaban J connectivity index is 0. The van der Waals surface area contributed by atoms with Crippen LogP contribution in [0.3, 0.4) is 0 Å². The Labute approximate surface area is 191 Å². The molecule has 0 spiro atoms. The minimum atomic E-state index is -3.99. The normalized spacial score (nSPS) is 11.1. The van der Waals surface area contributed by atoms with Gasteiger partial charge in [-0.1, -0.05) is 71.1 Å². The van der Waals surface area contributed by atoms with Gasteiger partial charge in [-0.05, 0) is 6.42 Å². The monoisotopic (exact) mass is 389 g/mol. The van der Waals surface area contributed by atoms with Gasteiger partial charge in [0.05, 0.1) is 5.75 Å². The molecule has 0 aliphatic heterocycles. The van der Waals surface area contributed by atoms with Gasteiger partial charge in [-0.2, -0.15) is 8.42 Å². The van der Waals surface area contributed by atoms with Crippen LogP contribution >= 0.6 is 0 Å². The van der Waals surface area contributed by atoms with Crippen LogP contribution in [0, 0.1) is 0 Å². The Morgan fingerprint density at radius 1 is 0.875 bits per heavy atom. The number of hydrogen-bond donors (Lipinski definition) is 1. The van der Waals surface area contributed by atoms with Crippen molar-refractivity contribution in [3.8, 4) is 0 Å². The van der Waals surface area contributed by atoms with Gasteiger partial charge in [-0.15, -0.1) is 0 Å². The van der Waals surface area contributed by atoms with Gasteiger partial charge in [-0.25, -0.2) is 0 Å². The molecule has 1 amide bonds. The van der Waals surface area contributed by atoms with E-state index in [1.807, 2.05) is 0 Å². The molecule has 24 heavy (non-hydrogen) atoms. The van der Waals surface area contributed by atoms with Crippen molar-refractivity contribution in [1.82, 2.24) is 4.90 Å². The molecule has 0 rings (SSSR count). The van der Waals surface area contributed by atoms with E-state index in [1.54, 1.807) is 7.05 Å². The Morgan fingerprint density at radius 2 is 1.29 bits per heavy atom. The van der Waals surface area contributed by atoms with Gasteiger partial charge in [0.15, 0.2) is 0 Å². The van der Waals surface area contributed by atoms with E-state index in [0.717, 1.165) is 19.3 Å². The number of hydrogen-bond acceptors (Lipinski definition) is 3. The molecular formula is C17H36KNO4S. The zero-order chi connectivity index (χ0) is 17.6. The minimum absolute atomic E-state index is 0. The van der Waals surface area contributed by atoms with E-state index >= 15 is 0 Å². The van der Waals surface area contributed by atoms with Crippen LogP contribution in [0.15, 0.2) is 0 Å². The quantitative estimate of drug-likeness (QED) is 0.265. The summed E-state index contributed by atoms with van der Waals surface area (Å²) in [6.45, 7) is 2.28. The molecule has 0 aromatic carbocycles. The number of carbonyl (C=O) groups is 1. The second-order valence-electron chi connectivity index (χ2n) is 6.39. The summed E-state index contributed by atoms with van der Waals surface area (Å²) in [7, 11) is -2.42. The third-order valence-corrected chi connectivity index (χ3v) is 4.80. The Hall–Kier alpha value is 1.02. The summed E-state index contributed by atoms with van der Waals surface area (Å²) in [5.41, 5.74) is 0. The van der Waals surface area contributed by atoms with Gasteiger partial charge in [0.25, 0.3) is 10.1 Å². The number of rotatable bonds is 15. The summed E-state index contributed by atoms with van der Waals surface area (Å²) in [6.07, 6.45) is 14.1. The molecule has 0 bridgehead atoms. The Morgan fingerprint density at radius 3 is 1.71 bits per heavy atom. The molecule has 1 N–H and O–H groups in total. The fraction of sp³-hybridized carbons (Fsp3) is 0.941. The van der Waals surface area contributed by atoms with Gasteiger partial charge in [-0.3, -0.25) is 9.35 Å². The fourth-order valence-corrected chi connectivity index (χ4v) is 3.01. The Kier molecular flexibility index (Phi) is 19.8. The molecule has 7 heteroatoms. The van der Waals surface area contributed by atoms with E-state index in [0.29, 0.717) is 6.42 Å². The van der Waals surface area contributed by atoms with E-state index in [9.17, 15) is 13.2 Å². The second kappa shape index (κ2) is 17.4. The summed E-state index contributed by atoms with van der Waals surface area (Å²) in [4.78, 5) is 13.1. The molecule has 140 valence electrons. The van der Waals surface area contributed by atoms with Crippen molar-refractivity contribution in [3.05, 3.63) is 0 Å². The Bertz CT molecular complexity index is 401. The van der Waals surface area contributed by atoms with Crippen molar-refractivity contribution in [3.63, 3.8) is 0 Å². The van der Waals surface area contributed by atoms with Crippen molar-refractivity contribution < 1.29 is 17.8 Å². The van der Waals surface area contributed by atoms with E-state index in [4.69, 9.17) is 4.55 Å². The van der Waals surface area contributed by atoms with E-state index in [1.165, 1.54) is 56.3 Å². The van der Waals surface area contributed by atoms with Crippen molar-refractivity contribution >= 4 is 67.4 Å². The average molecular weight is 390 g/mol. The summed E-state index contributed by atoms with van der Waals surface area (Å²) >= 11 is 0. The topological polar surface area (TPSA) is 74.7 Å². The third kappa shape index (κ3) is 19.3. The van der Waals surface area contributed by atoms with Crippen LogP contribution < -0.4 is 0 Å². The van der Waals surface area contributed by atoms with Crippen molar-refractivity contribution in [2.75, 3.05) is 19.3 Å². The van der Waals surface area contributed by atoms with Crippen LogP contribution in [0.5, 0.6) is 0 Å². The summed E-state index contributed by atoms with van der Waals surface area (Å²) in [5.74, 6) is -0.447. The predicted molar refractivity (Wildman–Crippen MR) is 102 cm³/mol. The van der Waals surface area contributed by atoms with Gasteiger partial charge in [0.2, 0.25) is 5.91 Å². The first-order valence-corrected chi connectivity index (χ1v) is 10.7. The molecule has 0 aromatic heterocycles. The molecule has 0 saturated carbocycles. The molecule has 0 atom stereocenters. The van der Waals surface area contributed by atoms with Gasteiger partial charge in [0, 0.05) is 20.0 Å². The first kappa shape index (κ1) is 27.2. The van der Waals surface area contributed by atoms with E-state index < -0.39 is 15.9 Å². The van der Waals surface area contributed by atoms with Gasteiger partial charge >= 0.3 is 51.4 Å². The summed E-state index contributed by atoms with van der Waals surface area (Å²) in [6, 6.07) is 0. The van der Waals surface area contributed by atoms with Crippen LogP contribution in [0.1, 0.15) is 84.0 Å². The molecule has 0 fully saturated rings. The molecule has 0 radical (unpaired) electrons. The average Bonchev–Trinajstić information content (AvgIpc) is 2.49. The fourth-order valence-electron chi connectivity index (χ4n) is 2.51. The van der Waals surface area contributed by atoms with Crippen LogP contribution in [0.2, 0.25) is 0 Å². The van der Waals surface area contributed by atoms with Gasteiger partial charge < -0.3 is 4.90 Å². The molecule has 0 aromatic rings. The standard InChI is InChI=1S/C17H35NO4S.K.H/c1-3-4-5-6-7-8-9-10-11-12-13-14-17(19)18(2)15-16-23(20,21)22;;/h3-16H2,1-2H3,(H,20,21,22);;. The maximum atomic E-state index is 11.8. The van der Waals surface area contributed by atoms with E-state index in [-0.39, 0.29) is 63.8 Å². The predicted octanol–water partition coefficient (Wildman–Crippen LogP) is 3.39. The third-order valence-electron chi connectivity index (χ3n) is 4.10. The zero-order valence-electron chi connectivity index (χ0n) is 14.9. The summed E-state index contributed by atoms with van der Waals surface area (Å²) < 4.78 is 29.9.